The van der Waals surface area contributed by atoms with E-state index in [4.69, 9.17) is 0 Å². The van der Waals surface area contributed by atoms with Gasteiger partial charge in [-0.15, -0.1) is 6.58 Å². The Morgan fingerprint density at radius 1 is 1.06 bits per heavy atom. The standard InChI is InChI=1S/C23H28N4O4S/c1-3-11-24-32(30,31)21-6-4-5-19(16-21)23(29)27-14-12-26(13-15-27)17-22(28)25-20-9-7-18(2)8-10-20/h3-10,16,24H,1,11-15,17H2,2H3,(H,25,28). The Morgan fingerprint density at radius 2 is 1.75 bits per heavy atom. The number of piperazine rings is 1. The predicted octanol–water partition coefficient (Wildman–Crippen LogP) is 1.86. The highest BCUT2D eigenvalue weighted by Crippen LogP contribution is 2.15. The van der Waals surface area contributed by atoms with Crippen LogP contribution in [0.25, 0.3) is 0 Å². The number of anilines is 1. The zero-order valence-corrected chi connectivity index (χ0v) is 18.9. The van der Waals surface area contributed by atoms with E-state index in [9.17, 15) is 18.0 Å². The molecule has 0 saturated carbocycles. The normalized spacial score (nSPS) is 14.7. The number of rotatable bonds is 8. The number of aryl methyl sites for hydroxylation is 1. The third-order valence-corrected chi connectivity index (χ3v) is 6.59. The van der Waals surface area contributed by atoms with Crippen LogP contribution in [0.1, 0.15) is 15.9 Å². The van der Waals surface area contributed by atoms with Crippen LogP contribution in [0.15, 0.2) is 66.1 Å². The molecule has 0 unspecified atom stereocenters. The summed E-state index contributed by atoms with van der Waals surface area (Å²) in [5.74, 6) is -0.326. The van der Waals surface area contributed by atoms with Crippen molar-refractivity contribution in [1.29, 1.82) is 0 Å². The second-order valence-corrected chi connectivity index (χ2v) is 9.42. The van der Waals surface area contributed by atoms with Gasteiger partial charge in [-0.1, -0.05) is 29.8 Å². The molecule has 1 heterocycles. The number of nitrogens with zero attached hydrogens (tertiary/aromatic N) is 2. The van der Waals surface area contributed by atoms with E-state index in [0.29, 0.717) is 31.7 Å². The van der Waals surface area contributed by atoms with Crippen LogP contribution in [0.4, 0.5) is 5.69 Å². The fourth-order valence-corrected chi connectivity index (χ4v) is 4.42. The van der Waals surface area contributed by atoms with E-state index in [2.05, 4.69) is 16.6 Å². The molecule has 32 heavy (non-hydrogen) atoms. The number of sulfonamides is 1. The number of hydrogen-bond donors (Lipinski definition) is 2. The summed E-state index contributed by atoms with van der Waals surface area (Å²) < 4.78 is 27.0. The van der Waals surface area contributed by atoms with E-state index in [1.54, 1.807) is 17.0 Å². The molecule has 1 aliphatic heterocycles. The zero-order valence-electron chi connectivity index (χ0n) is 18.1. The smallest absolute Gasteiger partial charge is 0.253 e. The van der Waals surface area contributed by atoms with Gasteiger partial charge in [0.25, 0.3) is 5.91 Å². The van der Waals surface area contributed by atoms with Gasteiger partial charge < -0.3 is 10.2 Å². The molecule has 2 amide bonds. The minimum absolute atomic E-state index is 0.0385. The Hall–Kier alpha value is -3.01. The molecule has 0 radical (unpaired) electrons. The first kappa shape index (κ1) is 23.6. The summed E-state index contributed by atoms with van der Waals surface area (Å²) in [6, 6.07) is 13.6. The van der Waals surface area contributed by atoms with Crippen LogP contribution in [-0.2, 0) is 14.8 Å². The highest BCUT2D eigenvalue weighted by atomic mass is 32.2. The van der Waals surface area contributed by atoms with Crippen molar-refractivity contribution in [3.63, 3.8) is 0 Å². The molecule has 0 aromatic heterocycles. The van der Waals surface area contributed by atoms with Gasteiger partial charge in [-0.3, -0.25) is 14.5 Å². The first-order valence-corrected chi connectivity index (χ1v) is 11.9. The number of benzene rings is 2. The number of hydrogen-bond acceptors (Lipinski definition) is 5. The van der Waals surface area contributed by atoms with Crippen molar-refractivity contribution in [1.82, 2.24) is 14.5 Å². The van der Waals surface area contributed by atoms with Crippen LogP contribution < -0.4 is 10.0 Å². The highest BCUT2D eigenvalue weighted by molar-refractivity contribution is 7.89. The van der Waals surface area contributed by atoms with Crippen LogP contribution in [0.3, 0.4) is 0 Å². The number of carbonyl (C=O) groups excluding carboxylic acids is 2. The fourth-order valence-electron chi connectivity index (χ4n) is 3.38. The Morgan fingerprint density at radius 3 is 2.41 bits per heavy atom. The summed E-state index contributed by atoms with van der Waals surface area (Å²) in [7, 11) is -3.70. The summed E-state index contributed by atoms with van der Waals surface area (Å²) in [5, 5.41) is 2.88. The summed E-state index contributed by atoms with van der Waals surface area (Å²) in [5.41, 5.74) is 2.20. The minimum Gasteiger partial charge on any atom is -0.336 e. The van der Waals surface area contributed by atoms with Crippen molar-refractivity contribution in [3.8, 4) is 0 Å². The lowest BCUT2D eigenvalue weighted by Crippen LogP contribution is -2.50. The van der Waals surface area contributed by atoms with Crippen molar-refractivity contribution in [2.24, 2.45) is 0 Å². The van der Waals surface area contributed by atoms with Gasteiger partial charge in [-0.2, -0.15) is 0 Å². The van der Waals surface area contributed by atoms with Crippen molar-refractivity contribution in [3.05, 3.63) is 72.3 Å². The molecule has 2 aromatic rings. The molecule has 2 aromatic carbocycles. The molecule has 0 bridgehead atoms. The zero-order chi connectivity index (χ0) is 23.1. The molecule has 1 saturated heterocycles. The Labute approximate surface area is 189 Å². The monoisotopic (exact) mass is 456 g/mol. The number of carbonyl (C=O) groups is 2. The molecule has 3 rings (SSSR count). The third kappa shape index (κ3) is 6.25. The number of nitrogens with one attached hydrogen (secondary N) is 2. The van der Waals surface area contributed by atoms with E-state index < -0.39 is 10.0 Å². The van der Waals surface area contributed by atoms with Gasteiger partial charge in [0.2, 0.25) is 15.9 Å². The van der Waals surface area contributed by atoms with Gasteiger partial charge in [0, 0.05) is 44.0 Å². The Bertz CT molecular complexity index is 1080. The summed E-state index contributed by atoms with van der Waals surface area (Å²) in [6.45, 7) is 7.89. The molecule has 8 nitrogen and oxygen atoms in total. The lowest BCUT2D eigenvalue weighted by Gasteiger charge is -2.34. The third-order valence-electron chi connectivity index (χ3n) is 5.17. The highest BCUT2D eigenvalue weighted by Gasteiger charge is 2.24. The second kappa shape index (κ2) is 10.5. The van der Waals surface area contributed by atoms with E-state index >= 15 is 0 Å². The molecule has 2 N–H and O–H groups in total. The van der Waals surface area contributed by atoms with Gasteiger partial charge in [-0.25, -0.2) is 13.1 Å². The maximum atomic E-state index is 12.9. The molecular formula is C23H28N4O4S. The van der Waals surface area contributed by atoms with Crippen molar-refractivity contribution >= 4 is 27.5 Å². The van der Waals surface area contributed by atoms with Gasteiger partial charge >= 0.3 is 0 Å². The van der Waals surface area contributed by atoms with Gasteiger partial charge in [0.15, 0.2) is 0 Å². The molecule has 170 valence electrons. The quantitative estimate of drug-likeness (QED) is 0.591. The predicted molar refractivity (Wildman–Crippen MR) is 124 cm³/mol. The Kier molecular flexibility index (Phi) is 7.79. The maximum Gasteiger partial charge on any atom is 0.253 e. The second-order valence-electron chi connectivity index (χ2n) is 7.65. The van der Waals surface area contributed by atoms with Gasteiger partial charge in [0.1, 0.15) is 0 Å². The first-order chi connectivity index (χ1) is 15.3. The average molecular weight is 457 g/mol. The SMILES string of the molecule is C=CCNS(=O)(=O)c1cccc(C(=O)N2CCN(CC(=O)Nc3ccc(C)cc3)CC2)c1. The van der Waals surface area contributed by atoms with E-state index in [-0.39, 0.29) is 29.8 Å². The fraction of sp³-hybridized carbons (Fsp3) is 0.304. The Balaban J connectivity index is 1.54. The molecular weight excluding hydrogens is 428 g/mol. The number of amides is 2. The molecule has 9 heteroatoms. The van der Waals surface area contributed by atoms with Crippen LogP contribution >= 0.6 is 0 Å². The first-order valence-electron chi connectivity index (χ1n) is 10.4. The lowest BCUT2D eigenvalue weighted by atomic mass is 10.2. The largest absolute Gasteiger partial charge is 0.336 e. The maximum absolute atomic E-state index is 12.9. The molecule has 0 aliphatic carbocycles. The van der Waals surface area contributed by atoms with Gasteiger partial charge in [0.05, 0.1) is 11.4 Å². The van der Waals surface area contributed by atoms with Crippen LogP contribution in [-0.4, -0.2) is 69.3 Å². The average Bonchev–Trinajstić information content (AvgIpc) is 2.79. The molecule has 0 spiro atoms. The summed E-state index contributed by atoms with van der Waals surface area (Å²) in [4.78, 5) is 28.9. The van der Waals surface area contributed by atoms with E-state index in [1.807, 2.05) is 36.1 Å². The van der Waals surface area contributed by atoms with Crippen LogP contribution in [0, 0.1) is 6.92 Å². The topological polar surface area (TPSA) is 98.8 Å². The van der Waals surface area contributed by atoms with E-state index in [1.165, 1.54) is 18.2 Å². The minimum atomic E-state index is -3.70. The van der Waals surface area contributed by atoms with Crippen molar-refractivity contribution in [2.45, 2.75) is 11.8 Å². The van der Waals surface area contributed by atoms with E-state index in [0.717, 1.165) is 11.3 Å². The van der Waals surface area contributed by atoms with Crippen molar-refractivity contribution < 1.29 is 18.0 Å². The lowest BCUT2D eigenvalue weighted by molar-refractivity contribution is -0.117. The molecule has 0 atom stereocenters. The molecule has 1 fully saturated rings. The summed E-state index contributed by atoms with van der Waals surface area (Å²) in [6.07, 6.45) is 1.45. The molecule has 1 aliphatic rings. The van der Waals surface area contributed by atoms with Gasteiger partial charge in [-0.05, 0) is 37.3 Å². The van der Waals surface area contributed by atoms with Crippen LogP contribution in [0.5, 0.6) is 0 Å². The summed E-state index contributed by atoms with van der Waals surface area (Å²) >= 11 is 0. The van der Waals surface area contributed by atoms with Crippen LogP contribution in [0.2, 0.25) is 0 Å². The van der Waals surface area contributed by atoms with Crippen molar-refractivity contribution in [2.75, 3.05) is 44.6 Å².